The lowest BCUT2D eigenvalue weighted by molar-refractivity contribution is 0.102. The highest BCUT2D eigenvalue weighted by atomic mass is 19.1. The zero-order chi connectivity index (χ0) is 18.3. The van der Waals surface area contributed by atoms with Crippen LogP contribution < -0.4 is 5.32 Å². The van der Waals surface area contributed by atoms with Crippen molar-refractivity contribution in [1.29, 1.82) is 0 Å². The minimum absolute atomic E-state index is 0.191. The van der Waals surface area contributed by atoms with Crippen molar-refractivity contribution in [3.63, 3.8) is 0 Å². The number of nitrogens with one attached hydrogen (secondary N) is 1. The minimum atomic E-state index is -0.435. The first-order valence-corrected chi connectivity index (χ1v) is 7.93. The van der Waals surface area contributed by atoms with Crippen molar-refractivity contribution in [2.45, 2.75) is 6.92 Å². The van der Waals surface area contributed by atoms with E-state index in [1.807, 2.05) is 20.0 Å². The number of halogens is 1. The second-order valence-electron chi connectivity index (χ2n) is 5.86. The van der Waals surface area contributed by atoms with Crippen molar-refractivity contribution < 1.29 is 9.18 Å². The Morgan fingerprint density at radius 2 is 2.08 bits per heavy atom. The summed E-state index contributed by atoms with van der Waals surface area (Å²) in [6.45, 7) is 1.95. The van der Waals surface area contributed by atoms with E-state index in [0.717, 1.165) is 17.0 Å². The molecule has 0 aliphatic heterocycles. The number of aryl methyl sites for hydroxylation is 1. The van der Waals surface area contributed by atoms with Crippen LogP contribution in [0, 0.1) is 12.7 Å². The van der Waals surface area contributed by atoms with Crippen molar-refractivity contribution in [3.8, 4) is 11.3 Å². The number of rotatable bonds is 3. The Morgan fingerprint density at radius 1 is 1.23 bits per heavy atom. The van der Waals surface area contributed by atoms with Gasteiger partial charge in [0.05, 0.1) is 11.9 Å². The Morgan fingerprint density at radius 3 is 2.81 bits per heavy atom. The van der Waals surface area contributed by atoms with Crippen LogP contribution in [0.2, 0.25) is 0 Å². The van der Waals surface area contributed by atoms with Gasteiger partial charge in [0.1, 0.15) is 5.82 Å². The van der Waals surface area contributed by atoms with E-state index < -0.39 is 11.7 Å². The lowest BCUT2D eigenvalue weighted by Crippen LogP contribution is -2.12. The molecule has 0 bridgehead atoms. The molecule has 1 N–H and O–H groups in total. The number of fused-ring (bicyclic) bond motifs is 1. The maximum absolute atomic E-state index is 13.3. The number of aromatic nitrogens is 5. The minimum Gasteiger partial charge on any atom is -0.320 e. The zero-order valence-electron chi connectivity index (χ0n) is 14.1. The molecule has 0 aliphatic rings. The lowest BCUT2D eigenvalue weighted by Gasteiger charge is -2.04. The van der Waals surface area contributed by atoms with Crippen LogP contribution in [0.3, 0.4) is 0 Å². The maximum Gasteiger partial charge on any atom is 0.276 e. The second kappa shape index (κ2) is 6.07. The number of carbonyl (C=O) groups is 1. The van der Waals surface area contributed by atoms with Gasteiger partial charge < -0.3 is 5.32 Å². The molecule has 3 aromatic heterocycles. The smallest absolute Gasteiger partial charge is 0.276 e. The van der Waals surface area contributed by atoms with E-state index in [1.54, 1.807) is 33.7 Å². The topological polar surface area (TPSA) is 77.1 Å². The SMILES string of the molecule is Cc1c(-c2ccnc3cc(C(=O)Nc4cccc(F)c4)nn23)cnn1C. The van der Waals surface area contributed by atoms with Crippen LogP contribution in [0.1, 0.15) is 16.2 Å². The maximum atomic E-state index is 13.3. The molecule has 130 valence electrons. The van der Waals surface area contributed by atoms with Crippen LogP contribution in [0.5, 0.6) is 0 Å². The summed E-state index contributed by atoms with van der Waals surface area (Å²) in [6, 6.07) is 9.10. The largest absolute Gasteiger partial charge is 0.320 e. The molecule has 0 unspecified atom stereocenters. The van der Waals surface area contributed by atoms with E-state index in [4.69, 9.17) is 0 Å². The van der Waals surface area contributed by atoms with Crippen molar-refractivity contribution in [3.05, 3.63) is 66.0 Å². The van der Waals surface area contributed by atoms with Gasteiger partial charge in [-0.1, -0.05) is 6.07 Å². The summed E-state index contributed by atoms with van der Waals surface area (Å²) in [6.07, 6.45) is 3.41. The molecule has 1 aromatic carbocycles. The fraction of sp³-hybridized carbons (Fsp3) is 0.111. The molecule has 0 radical (unpaired) electrons. The molecule has 26 heavy (non-hydrogen) atoms. The van der Waals surface area contributed by atoms with Gasteiger partial charge in [-0.2, -0.15) is 10.2 Å². The standard InChI is InChI=1S/C18H15FN6O/c1-11-14(10-21-24(11)2)16-6-7-20-17-9-15(23-25(16)17)18(26)22-13-5-3-4-12(19)8-13/h3-10H,1-2H3,(H,22,26). The van der Waals surface area contributed by atoms with Crippen LogP contribution in [0.4, 0.5) is 10.1 Å². The van der Waals surface area contributed by atoms with Gasteiger partial charge in [0.2, 0.25) is 0 Å². The molecular weight excluding hydrogens is 335 g/mol. The summed E-state index contributed by atoms with van der Waals surface area (Å²) < 4.78 is 16.6. The molecule has 0 fully saturated rings. The van der Waals surface area contributed by atoms with Gasteiger partial charge in [-0.05, 0) is 31.2 Å². The highest BCUT2D eigenvalue weighted by Gasteiger charge is 2.16. The number of benzene rings is 1. The van der Waals surface area contributed by atoms with Gasteiger partial charge in [0.25, 0.3) is 5.91 Å². The van der Waals surface area contributed by atoms with Gasteiger partial charge in [-0.3, -0.25) is 9.48 Å². The Balaban J connectivity index is 1.73. The van der Waals surface area contributed by atoms with E-state index in [1.165, 1.54) is 18.2 Å². The number of anilines is 1. The van der Waals surface area contributed by atoms with Crippen LogP contribution in [-0.2, 0) is 7.05 Å². The van der Waals surface area contributed by atoms with Crippen molar-refractivity contribution in [2.75, 3.05) is 5.32 Å². The number of hydrogen-bond donors (Lipinski definition) is 1. The predicted molar refractivity (Wildman–Crippen MR) is 94.3 cm³/mol. The van der Waals surface area contributed by atoms with Gasteiger partial charge in [-0.15, -0.1) is 0 Å². The molecule has 4 rings (SSSR count). The molecule has 0 atom stereocenters. The molecular formula is C18H15FN6O. The lowest BCUT2D eigenvalue weighted by atomic mass is 10.2. The number of hydrogen-bond acceptors (Lipinski definition) is 4. The van der Waals surface area contributed by atoms with Crippen molar-refractivity contribution in [2.24, 2.45) is 7.05 Å². The van der Waals surface area contributed by atoms with Crippen molar-refractivity contribution >= 4 is 17.2 Å². The molecule has 8 heteroatoms. The normalized spacial score (nSPS) is 11.0. The third-order valence-electron chi connectivity index (χ3n) is 4.18. The summed E-state index contributed by atoms with van der Waals surface area (Å²) in [5, 5.41) is 11.3. The summed E-state index contributed by atoms with van der Waals surface area (Å²) in [4.78, 5) is 16.7. The molecule has 0 saturated carbocycles. The van der Waals surface area contributed by atoms with Gasteiger partial charge in [-0.25, -0.2) is 13.9 Å². The zero-order valence-corrected chi connectivity index (χ0v) is 14.1. The summed E-state index contributed by atoms with van der Waals surface area (Å²) >= 11 is 0. The van der Waals surface area contributed by atoms with Gasteiger partial charge in [0.15, 0.2) is 11.3 Å². The summed E-state index contributed by atoms with van der Waals surface area (Å²) in [5.41, 5.74) is 3.75. The van der Waals surface area contributed by atoms with E-state index in [-0.39, 0.29) is 5.69 Å². The third kappa shape index (κ3) is 2.71. The quantitative estimate of drug-likeness (QED) is 0.616. The summed E-state index contributed by atoms with van der Waals surface area (Å²) in [5.74, 6) is -0.858. The van der Waals surface area contributed by atoms with E-state index >= 15 is 0 Å². The van der Waals surface area contributed by atoms with E-state index in [0.29, 0.717) is 11.3 Å². The Bertz CT molecular complexity index is 1130. The van der Waals surface area contributed by atoms with Crippen LogP contribution in [0.25, 0.3) is 16.9 Å². The Hall–Kier alpha value is -3.55. The molecule has 0 saturated heterocycles. The molecule has 0 spiro atoms. The first-order valence-electron chi connectivity index (χ1n) is 7.93. The van der Waals surface area contributed by atoms with Crippen LogP contribution in [-0.4, -0.2) is 30.3 Å². The number of nitrogens with zero attached hydrogens (tertiary/aromatic N) is 5. The average Bonchev–Trinajstić information content (AvgIpc) is 3.19. The van der Waals surface area contributed by atoms with E-state index in [2.05, 4.69) is 20.5 Å². The van der Waals surface area contributed by atoms with Crippen LogP contribution in [0.15, 0.2) is 48.8 Å². The van der Waals surface area contributed by atoms with E-state index in [9.17, 15) is 9.18 Å². The van der Waals surface area contributed by atoms with Crippen LogP contribution >= 0.6 is 0 Å². The fourth-order valence-electron chi connectivity index (χ4n) is 2.72. The van der Waals surface area contributed by atoms with Gasteiger partial charge >= 0.3 is 0 Å². The molecule has 1 amide bonds. The Labute approximate surface area is 148 Å². The molecule has 7 nitrogen and oxygen atoms in total. The van der Waals surface area contributed by atoms with Crippen molar-refractivity contribution in [1.82, 2.24) is 24.4 Å². The fourth-order valence-corrected chi connectivity index (χ4v) is 2.72. The molecule has 4 aromatic rings. The second-order valence-corrected chi connectivity index (χ2v) is 5.86. The number of amides is 1. The first-order chi connectivity index (χ1) is 12.5. The average molecular weight is 350 g/mol. The molecule has 3 heterocycles. The highest BCUT2D eigenvalue weighted by molar-refractivity contribution is 6.03. The summed E-state index contributed by atoms with van der Waals surface area (Å²) in [7, 11) is 1.86. The monoisotopic (exact) mass is 350 g/mol. The third-order valence-corrected chi connectivity index (χ3v) is 4.18. The predicted octanol–water partition coefficient (Wildman–Crippen LogP) is 2.83. The first kappa shape index (κ1) is 15.9. The molecule has 0 aliphatic carbocycles. The highest BCUT2D eigenvalue weighted by Crippen LogP contribution is 2.23. The Kier molecular flexibility index (Phi) is 3.72. The number of carbonyl (C=O) groups excluding carboxylic acids is 1. The van der Waals surface area contributed by atoms with Gasteiger partial charge in [0, 0.05) is 36.3 Å².